The third-order valence-electron chi connectivity index (χ3n) is 3.95. The molecule has 0 atom stereocenters. The number of fused-ring (bicyclic) bond motifs is 1. The maximum atomic E-state index is 12.1. The summed E-state index contributed by atoms with van der Waals surface area (Å²) in [5, 5.41) is 12.9. The van der Waals surface area contributed by atoms with E-state index in [1.54, 1.807) is 18.2 Å². The van der Waals surface area contributed by atoms with Crippen LogP contribution in [0.1, 0.15) is 28.8 Å². The molecule has 0 saturated carbocycles. The smallest absolute Gasteiger partial charge is 0.337 e. The van der Waals surface area contributed by atoms with Crippen molar-refractivity contribution in [1.82, 2.24) is 4.98 Å². The standard InChI is InChI=1S/C20H18N2O3/c23-19(22-18-10-4-2-8-16(18)20(24)25)11-5-6-14-12-15-7-1-3-9-17(15)21-13-14/h1-4,7-10,12-13H,5-6,11H2,(H,22,23)(H,24,25). The molecule has 0 aliphatic carbocycles. The summed E-state index contributed by atoms with van der Waals surface area (Å²) in [5.74, 6) is -1.25. The highest BCUT2D eigenvalue weighted by molar-refractivity contribution is 6.00. The van der Waals surface area contributed by atoms with E-state index in [1.807, 2.05) is 30.5 Å². The summed E-state index contributed by atoms with van der Waals surface area (Å²) in [6.45, 7) is 0. The third-order valence-corrected chi connectivity index (χ3v) is 3.95. The van der Waals surface area contributed by atoms with Gasteiger partial charge in [0.15, 0.2) is 0 Å². The second-order valence-corrected chi connectivity index (χ2v) is 5.79. The Hall–Kier alpha value is -3.21. The molecule has 1 amide bonds. The molecule has 1 heterocycles. The molecule has 0 radical (unpaired) electrons. The minimum atomic E-state index is -1.06. The second-order valence-electron chi connectivity index (χ2n) is 5.79. The van der Waals surface area contributed by atoms with Crippen molar-refractivity contribution >= 4 is 28.5 Å². The van der Waals surface area contributed by atoms with Gasteiger partial charge in [-0.2, -0.15) is 0 Å². The molecule has 126 valence electrons. The fraction of sp³-hybridized carbons (Fsp3) is 0.150. The van der Waals surface area contributed by atoms with Gasteiger partial charge in [-0.15, -0.1) is 0 Å². The lowest BCUT2D eigenvalue weighted by atomic mass is 10.1. The summed E-state index contributed by atoms with van der Waals surface area (Å²) in [6, 6.07) is 16.4. The van der Waals surface area contributed by atoms with E-state index >= 15 is 0 Å². The minimum absolute atomic E-state index is 0.0922. The molecule has 0 saturated heterocycles. The number of amides is 1. The highest BCUT2D eigenvalue weighted by Gasteiger charge is 2.11. The summed E-state index contributed by atoms with van der Waals surface area (Å²) in [6.07, 6.45) is 3.56. The molecule has 5 nitrogen and oxygen atoms in total. The zero-order valence-corrected chi connectivity index (χ0v) is 13.6. The predicted molar refractivity (Wildman–Crippen MR) is 96.7 cm³/mol. The number of nitrogens with one attached hydrogen (secondary N) is 1. The Morgan fingerprint density at radius 1 is 1.04 bits per heavy atom. The largest absolute Gasteiger partial charge is 0.478 e. The Kier molecular flexibility index (Phi) is 5.04. The zero-order chi connectivity index (χ0) is 17.6. The van der Waals surface area contributed by atoms with Gasteiger partial charge in [0, 0.05) is 18.0 Å². The summed E-state index contributed by atoms with van der Waals surface area (Å²) < 4.78 is 0. The molecular weight excluding hydrogens is 316 g/mol. The van der Waals surface area contributed by atoms with Crippen molar-refractivity contribution in [1.29, 1.82) is 0 Å². The van der Waals surface area contributed by atoms with Crippen LogP contribution in [0, 0.1) is 0 Å². The molecule has 3 aromatic rings. The number of carbonyl (C=O) groups excluding carboxylic acids is 1. The van der Waals surface area contributed by atoms with Crippen LogP contribution in [-0.4, -0.2) is 22.0 Å². The normalized spacial score (nSPS) is 10.6. The van der Waals surface area contributed by atoms with Gasteiger partial charge in [0.25, 0.3) is 0 Å². The van der Waals surface area contributed by atoms with Crippen LogP contribution in [0.25, 0.3) is 10.9 Å². The highest BCUT2D eigenvalue weighted by atomic mass is 16.4. The number of aromatic nitrogens is 1. The molecular formula is C20H18N2O3. The van der Waals surface area contributed by atoms with E-state index in [4.69, 9.17) is 5.11 Å². The molecule has 25 heavy (non-hydrogen) atoms. The fourth-order valence-electron chi connectivity index (χ4n) is 2.70. The van der Waals surface area contributed by atoms with Gasteiger partial charge in [-0.3, -0.25) is 9.78 Å². The maximum absolute atomic E-state index is 12.1. The maximum Gasteiger partial charge on any atom is 0.337 e. The molecule has 0 unspecified atom stereocenters. The molecule has 1 aromatic heterocycles. The van der Waals surface area contributed by atoms with Gasteiger partial charge < -0.3 is 10.4 Å². The van der Waals surface area contributed by atoms with Crippen molar-refractivity contribution in [2.75, 3.05) is 5.32 Å². The number of hydrogen-bond acceptors (Lipinski definition) is 3. The SMILES string of the molecule is O=C(CCCc1cnc2ccccc2c1)Nc1ccccc1C(=O)O. The van der Waals surface area contributed by atoms with Crippen molar-refractivity contribution in [2.24, 2.45) is 0 Å². The monoisotopic (exact) mass is 334 g/mol. The lowest BCUT2D eigenvalue weighted by molar-refractivity contribution is -0.116. The number of hydrogen-bond donors (Lipinski definition) is 2. The Morgan fingerprint density at radius 3 is 2.64 bits per heavy atom. The van der Waals surface area contributed by atoms with Crippen LogP contribution in [-0.2, 0) is 11.2 Å². The number of carbonyl (C=O) groups is 2. The van der Waals surface area contributed by atoms with Crippen LogP contribution in [0.5, 0.6) is 0 Å². The predicted octanol–water partition coefficient (Wildman–Crippen LogP) is 3.89. The first-order valence-electron chi connectivity index (χ1n) is 8.09. The van der Waals surface area contributed by atoms with E-state index in [9.17, 15) is 9.59 Å². The number of carboxylic acid groups (broad SMARTS) is 1. The van der Waals surface area contributed by atoms with Crippen LogP contribution in [0.4, 0.5) is 5.69 Å². The van der Waals surface area contributed by atoms with Crippen molar-refractivity contribution in [2.45, 2.75) is 19.3 Å². The Bertz CT molecular complexity index is 921. The van der Waals surface area contributed by atoms with Crippen molar-refractivity contribution in [3.05, 3.63) is 71.9 Å². The van der Waals surface area contributed by atoms with E-state index in [2.05, 4.69) is 16.4 Å². The van der Waals surface area contributed by atoms with Crippen LogP contribution >= 0.6 is 0 Å². The van der Waals surface area contributed by atoms with Crippen LogP contribution < -0.4 is 5.32 Å². The Morgan fingerprint density at radius 2 is 1.80 bits per heavy atom. The summed E-state index contributed by atoms with van der Waals surface area (Å²) in [7, 11) is 0. The average Bonchev–Trinajstić information content (AvgIpc) is 2.62. The first-order valence-corrected chi connectivity index (χ1v) is 8.09. The van der Waals surface area contributed by atoms with Gasteiger partial charge in [0.1, 0.15) is 0 Å². The van der Waals surface area contributed by atoms with E-state index in [0.29, 0.717) is 18.5 Å². The number of nitrogens with zero attached hydrogens (tertiary/aromatic N) is 1. The molecule has 2 aromatic carbocycles. The number of rotatable bonds is 6. The summed E-state index contributed by atoms with van der Waals surface area (Å²) >= 11 is 0. The van der Waals surface area contributed by atoms with Crippen LogP contribution in [0.15, 0.2) is 60.8 Å². The first kappa shape index (κ1) is 16.6. The average molecular weight is 334 g/mol. The van der Waals surface area contributed by atoms with Gasteiger partial charge in [0.05, 0.1) is 16.8 Å². The number of para-hydroxylation sites is 2. The van der Waals surface area contributed by atoms with Gasteiger partial charge in [-0.1, -0.05) is 30.3 Å². The van der Waals surface area contributed by atoms with Gasteiger partial charge in [-0.05, 0) is 42.7 Å². The first-order chi connectivity index (χ1) is 12.1. The van der Waals surface area contributed by atoms with Gasteiger partial charge >= 0.3 is 5.97 Å². The van der Waals surface area contributed by atoms with Crippen molar-refractivity contribution < 1.29 is 14.7 Å². The second kappa shape index (κ2) is 7.57. The number of pyridine rings is 1. The number of aryl methyl sites for hydroxylation is 1. The lowest BCUT2D eigenvalue weighted by Crippen LogP contribution is -2.14. The lowest BCUT2D eigenvalue weighted by Gasteiger charge is -2.08. The molecule has 0 aliphatic rings. The number of aromatic carboxylic acids is 1. The molecule has 0 aliphatic heterocycles. The highest BCUT2D eigenvalue weighted by Crippen LogP contribution is 2.17. The van der Waals surface area contributed by atoms with E-state index in [1.165, 1.54) is 6.07 Å². The third kappa shape index (κ3) is 4.20. The molecule has 0 fully saturated rings. The topological polar surface area (TPSA) is 79.3 Å². The van der Waals surface area contributed by atoms with Gasteiger partial charge in [-0.25, -0.2) is 4.79 Å². The molecule has 3 rings (SSSR count). The zero-order valence-electron chi connectivity index (χ0n) is 13.6. The van der Waals surface area contributed by atoms with Crippen molar-refractivity contribution in [3.63, 3.8) is 0 Å². The molecule has 0 spiro atoms. The molecule has 5 heteroatoms. The Balaban J connectivity index is 1.56. The fourth-order valence-corrected chi connectivity index (χ4v) is 2.70. The van der Waals surface area contributed by atoms with E-state index in [0.717, 1.165) is 22.9 Å². The van der Waals surface area contributed by atoms with Crippen LogP contribution in [0.2, 0.25) is 0 Å². The number of anilines is 1. The minimum Gasteiger partial charge on any atom is -0.478 e. The van der Waals surface area contributed by atoms with E-state index < -0.39 is 5.97 Å². The Labute approximate surface area is 145 Å². The van der Waals surface area contributed by atoms with E-state index in [-0.39, 0.29) is 11.5 Å². The summed E-state index contributed by atoms with van der Waals surface area (Å²) in [4.78, 5) is 27.6. The molecule has 2 N–H and O–H groups in total. The quantitative estimate of drug-likeness (QED) is 0.716. The van der Waals surface area contributed by atoms with Gasteiger partial charge in [0.2, 0.25) is 5.91 Å². The molecule has 0 bridgehead atoms. The van der Waals surface area contributed by atoms with Crippen molar-refractivity contribution in [3.8, 4) is 0 Å². The number of carboxylic acids is 1. The number of benzene rings is 2. The summed E-state index contributed by atoms with van der Waals surface area (Å²) in [5.41, 5.74) is 2.45. The van der Waals surface area contributed by atoms with Crippen LogP contribution in [0.3, 0.4) is 0 Å².